The van der Waals surface area contributed by atoms with Gasteiger partial charge in [-0.2, -0.15) is 0 Å². The predicted molar refractivity (Wildman–Crippen MR) is 103 cm³/mol. The summed E-state index contributed by atoms with van der Waals surface area (Å²) in [6, 6.07) is 10.7. The quantitative estimate of drug-likeness (QED) is 0.739. The van der Waals surface area contributed by atoms with Gasteiger partial charge in [0.15, 0.2) is 0 Å². The zero-order valence-electron chi connectivity index (χ0n) is 15.3. The standard InChI is InChI=1S/C20H32N4O/c25-20(18-8-11-21-12-9-18)22-10-4-5-13-23-14-16-24(17-15-23)19-6-2-1-3-7-19/h1-3,6-7,18,21H,4-5,8-17H2,(H,22,25). The smallest absolute Gasteiger partial charge is 0.223 e. The van der Waals surface area contributed by atoms with Crippen LogP contribution in [0.2, 0.25) is 0 Å². The molecule has 1 amide bonds. The molecule has 2 heterocycles. The highest BCUT2D eigenvalue weighted by molar-refractivity contribution is 5.78. The van der Waals surface area contributed by atoms with E-state index in [4.69, 9.17) is 0 Å². The normalized spacial score (nSPS) is 19.8. The van der Waals surface area contributed by atoms with Crippen LogP contribution in [0.4, 0.5) is 5.69 Å². The number of rotatable bonds is 7. The monoisotopic (exact) mass is 344 g/mol. The molecule has 1 aromatic rings. The van der Waals surface area contributed by atoms with Gasteiger partial charge in [-0.25, -0.2) is 0 Å². The van der Waals surface area contributed by atoms with Crippen molar-refractivity contribution in [3.63, 3.8) is 0 Å². The Morgan fingerprint density at radius 1 is 1.04 bits per heavy atom. The Labute approximate surface area is 151 Å². The Morgan fingerprint density at radius 3 is 2.48 bits per heavy atom. The molecular formula is C20H32N4O. The minimum Gasteiger partial charge on any atom is -0.369 e. The van der Waals surface area contributed by atoms with Gasteiger partial charge in [0.25, 0.3) is 0 Å². The van der Waals surface area contributed by atoms with Crippen LogP contribution in [-0.2, 0) is 4.79 Å². The maximum atomic E-state index is 12.1. The Balaban J connectivity index is 1.25. The zero-order chi connectivity index (χ0) is 17.3. The second-order valence-electron chi connectivity index (χ2n) is 7.19. The summed E-state index contributed by atoms with van der Waals surface area (Å²) in [6.07, 6.45) is 4.21. The first-order chi connectivity index (χ1) is 12.3. The maximum Gasteiger partial charge on any atom is 0.223 e. The number of unbranched alkanes of at least 4 members (excludes halogenated alkanes) is 1. The van der Waals surface area contributed by atoms with E-state index in [0.717, 1.165) is 78.0 Å². The number of amides is 1. The van der Waals surface area contributed by atoms with E-state index in [0.29, 0.717) is 0 Å². The summed E-state index contributed by atoms with van der Waals surface area (Å²) in [5, 5.41) is 6.43. The van der Waals surface area contributed by atoms with Gasteiger partial charge in [-0.15, -0.1) is 0 Å². The predicted octanol–water partition coefficient (Wildman–Crippen LogP) is 1.70. The van der Waals surface area contributed by atoms with Gasteiger partial charge in [-0.3, -0.25) is 9.69 Å². The van der Waals surface area contributed by atoms with Crippen molar-refractivity contribution < 1.29 is 4.79 Å². The lowest BCUT2D eigenvalue weighted by Crippen LogP contribution is -2.46. The van der Waals surface area contributed by atoms with Crippen molar-refractivity contribution in [1.29, 1.82) is 0 Å². The van der Waals surface area contributed by atoms with Gasteiger partial charge in [0.1, 0.15) is 0 Å². The first-order valence-electron chi connectivity index (χ1n) is 9.84. The van der Waals surface area contributed by atoms with Crippen LogP contribution < -0.4 is 15.5 Å². The van der Waals surface area contributed by atoms with E-state index in [1.165, 1.54) is 5.69 Å². The Kier molecular flexibility index (Phi) is 7.12. The number of carbonyl (C=O) groups is 1. The summed E-state index contributed by atoms with van der Waals surface area (Å²) in [6.45, 7) is 8.41. The van der Waals surface area contributed by atoms with E-state index < -0.39 is 0 Å². The van der Waals surface area contributed by atoms with Crippen LogP contribution in [0.5, 0.6) is 0 Å². The van der Waals surface area contributed by atoms with Crippen molar-refractivity contribution in [2.24, 2.45) is 5.92 Å². The van der Waals surface area contributed by atoms with Crippen molar-refractivity contribution in [2.45, 2.75) is 25.7 Å². The average Bonchev–Trinajstić information content (AvgIpc) is 2.69. The summed E-state index contributed by atoms with van der Waals surface area (Å²) in [5.41, 5.74) is 1.34. The first-order valence-corrected chi connectivity index (χ1v) is 9.84. The number of hydrogen-bond acceptors (Lipinski definition) is 4. The fraction of sp³-hybridized carbons (Fsp3) is 0.650. The molecular weight excluding hydrogens is 312 g/mol. The molecule has 3 rings (SSSR count). The van der Waals surface area contributed by atoms with Gasteiger partial charge >= 0.3 is 0 Å². The summed E-state index contributed by atoms with van der Waals surface area (Å²) < 4.78 is 0. The Morgan fingerprint density at radius 2 is 1.76 bits per heavy atom. The molecule has 0 unspecified atom stereocenters. The topological polar surface area (TPSA) is 47.6 Å². The fourth-order valence-corrected chi connectivity index (χ4v) is 3.77. The molecule has 0 aliphatic carbocycles. The lowest BCUT2D eigenvalue weighted by atomic mass is 9.97. The van der Waals surface area contributed by atoms with Crippen molar-refractivity contribution in [3.05, 3.63) is 30.3 Å². The van der Waals surface area contributed by atoms with Crippen molar-refractivity contribution in [2.75, 3.05) is 57.3 Å². The van der Waals surface area contributed by atoms with Gasteiger partial charge in [0.2, 0.25) is 5.91 Å². The van der Waals surface area contributed by atoms with E-state index in [1.54, 1.807) is 0 Å². The highest BCUT2D eigenvalue weighted by Crippen LogP contribution is 2.15. The molecule has 2 saturated heterocycles. The third-order valence-corrected chi connectivity index (χ3v) is 5.40. The molecule has 2 fully saturated rings. The second-order valence-corrected chi connectivity index (χ2v) is 7.19. The number of nitrogens with one attached hydrogen (secondary N) is 2. The second kappa shape index (κ2) is 9.78. The molecule has 0 saturated carbocycles. The molecule has 5 nitrogen and oxygen atoms in total. The van der Waals surface area contributed by atoms with Gasteiger partial charge in [-0.1, -0.05) is 18.2 Å². The summed E-state index contributed by atoms with van der Waals surface area (Å²) in [5.74, 6) is 0.491. The molecule has 2 N–H and O–H groups in total. The van der Waals surface area contributed by atoms with E-state index in [9.17, 15) is 4.79 Å². The molecule has 0 aromatic heterocycles. The number of benzene rings is 1. The minimum absolute atomic E-state index is 0.229. The van der Waals surface area contributed by atoms with E-state index in [2.05, 4.69) is 50.8 Å². The molecule has 2 aliphatic rings. The van der Waals surface area contributed by atoms with Crippen LogP contribution in [0, 0.1) is 5.92 Å². The minimum atomic E-state index is 0.229. The molecule has 138 valence electrons. The van der Waals surface area contributed by atoms with Crippen LogP contribution >= 0.6 is 0 Å². The summed E-state index contributed by atoms with van der Waals surface area (Å²) in [4.78, 5) is 17.1. The number of hydrogen-bond donors (Lipinski definition) is 2. The van der Waals surface area contributed by atoms with Crippen molar-refractivity contribution >= 4 is 11.6 Å². The summed E-state index contributed by atoms with van der Waals surface area (Å²) in [7, 11) is 0. The lowest BCUT2D eigenvalue weighted by molar-refractivity contribution is -0.125. The van der Waals surface area contributed by atoms with Gasteiger partial charge in [0.05, 0.1) is 0 Å². The number of anilines is 1. The number of para-hydroxylation sites is 1. The van der Waals surface area contributed by atoms with Gasteiger partial charge in [0, 0.05) is 44.3 Å². The third-order valence-electron chi connectivity index (χ3n) is 5.40. The SMILES string of the molecule is O=C(NCCCCN1CCN(c2ccccc2)CC1)C1CCNCC1. The molecule has 0 spiro atoms. The molecule has 0 radical (unpaired) electrons. The van der Waals surface area contributed by atoms with Crippen LogP contribution in [0.1, 0.15) is 25.7 Å². The van der Waals surface area contributed by atoms with Gasteiger partial charge < -0.3 is 15.5 Å². The summed E-state index contributed by atoms with van der Waals surface area (Å²) >= 11 is 0. The number of carbonyl (C=O) groups excluding carboxylic acids is 1. The highest BCUT2D eigenvalue weighted by Gasteiger charge is 2.20. The molecule has 1 aromatic carbocycles. The lowest BCUT2D eigenvalue weighted by Gasteiger charge is -2.36. The Bertz CT molecular complexity index is 508. The van der Waals surface area contributed by atoms with Gasteiger partial charge in [-0.05, 0) is 57.5 Å². The number of piperazine rings is 1. The van der Waals surface area contributed by atoms with Crippen LogP contribution in [0.15, 0.2) is 30.3 Å². The van der Waals surface area contributed by atoms with Crippen LogP contribution in [0.3, 0.4) is 0 Å². The zero-order valence-corrected chi connectivity index (χ0v) is 15.3. The average molecular weight is 345 g/mol. The molecule has 0 atom stereocenters. The van der Waals surface area contributed by atoms with Crippen molar-refractivity contribution in [1.82, 2.24) is 15.5 Å². The Hall–Kier alpha value is -1.59. The van der Waals surface area contributed by atoms with Crippen LogP contribution in [-0.4, -0.2) is 63.2 Å². The molecule has 5 heteroatoms. The van der Waals surface area contributed by atoms with Crippen molar-refractivity contribution in [3.8, 4) is 0 Å². The first kappa shape index (κ1) is 18.2. The highest BCUT2D eigenvalue weighted by atomic mass is 16.1. The largest absolute Gasteiger partial charge is 0.369 e. The number of piperidine rings is 1. The number of nitrogens with zero attached hydrogens (tertiary/aromatic N) is 2. The molecule has 2 aliphatic heterocycles. The van der Waals surface area contributed by atoms with E-state index >= 15 is 0 Å². The van der Waals surface area contributed by atoms with Crippen LogP contribution in [0.25, 0.3) is 0 Å². The molecule has 25 heavy (non-hydrogen) atoms. The molecule has 0 bridgehead atoms. The maximum absolute atomic E-state index is 12.1. The fourth-order valence-electron chi connectivity index (χ4n) is 3.77. The van der Waals surface area contributed by atoms with E-state index in [-0.39, 0.29) is 11.8 Å². The van der Waals surface area contributed by atoms with E-state index in [1.807, 2.05) is 0 Å². The third kappa shape index (κ3) is 5.72.